The molecular weight excluding hydrogens is 246 g/mol. The minimum absolute atomic E-state index is 0.514. The molecule has 2 rings (SSSR count). The Labute approximate surface area is 111 Å². The van der Waals surface area contributed by atoms with E-state index in [1.54, 1.807) is 18.4 Å². The molecular formula is C14H17NO2S. The maximum absolute atomic E-state index is 10.1. The highest BCUT2D eigenvalue weighted by Crippen LogP contribution is 2.18. The zero-order valence-corrected chi connectivity index (χ0v) is 11.1. The lowest BCUT2D eigenvalue weighted by Crippen LogP contribution is -2.20. The molecule has 2 aromatic rings. The summed E-state index contributed by atoms with van der Waals surface area (Å²) in [4.78, 5) is 1.27. The van der Waals surface area contributed by atoms with E-state index in [1.807, 2.05) is 30.3 Å². The molecule has 0 saturated heterocycles. The van der Waals surface area contributed by atoms with Crippen LogP contribution in [0.1, 0.15) is 16.5 Å². The Morgan fingerprint density at radius 3 is 2.94 bits per heavy atom. The van der Waals surface area contributed by atoms with Gasteiger partial charge in [-0.25, -0.2) is 0 Å². The van der Waals surface area contributed by atoms with E-state index in [4.69, 9.17) is 4.74 Å². The zero-order chi connectivity index (χ0) is 12.8. The van der Waals surface area contributed by atoms with Crippen molar-refractivity contribution in [3.8, 4) is 5.75 Å². The van der Waals surface area contributed by atoms with Gasteiger partial charge in [0.15, 0.2) is 0 Å². The van der Waals surface area contributed by atoms with E-state index in [0.717, 1.165) is 17.9 Å². The first-order valence-corrected chi connectivity index (χ1v) is 6.72. The average Bonchev–Trinajstić information content (AvgIpc) is 2.92. The molecule has 3 nitrogen and oxygen atoms in total. The van der Waals surface area contributed by atoms with Crippen molar-refractivity contribution in [2.45, 2.75) is 12.6 Å². The van der Waals surface area contributed by atoms with Crippen LogP contribution in [0.15, 0.2) is 41.8 Å². The molecule has 0 radical (unpaired) electrons. The van der Waals surface area contributed by atoms with E-state index in [0.29, 0.717) is 6.54 Å². The molecule has 0 spiro atoms. The Morgan fingerprint density at radius 1 is 1.33 bits per heavy atom. The van der Waals surface area contributed by atoms with Gasteiger partial charge in [-0.05, 0) is 29.1 Å². The number of methoxy groups -OCH3 is 1. The Kier molecular flexibility index (Phi) is 4.75. The first kappa shape index (κ1) is 13.1. The van der Waals surface area contributed by atoms with Gasteiger partial charge in [0, 0.05) is 18.0 Å². The van der Waals surface area contributed by atoms with Gasteiger partial charge in [-0.15, -0.1) is 11.3 Å². The van der Waals surface area contributed by atoms with E-state index in [-0.39, 0.29) is 0 Å². The van der Waals surface area contributed by atoms with E-state index >= 15 is 0 Å². The van der Waals surface area contributed by atoms with Crippen LogP contribution in [0.25, 0.3) is 0 Å². The van der Waals surface area contributed by atoms with E-state index in [9.17, 15) is 5.11 Å². The van der Waals surface area contributed by atoms with E-state index in [1.165, 1.54) is 4.88 Å². The summed E-state index contributed by atoms with van der Waals surface area (Å²) in [6.45, 7) is 1.32. The zero-order valence-electron chi connectivity index (χ0n) is 10.3. The molecule has 0 aliphatic carbocycles. The third-order valence-corrected chi connectivity index (χ3v) is 3.57. The monoisotopic (exact) mass is 263 g/mol. The number of thiophene rings is 1. The summed E-state index contributed by atoms with van der Waals surface area (Å²) in [5, 5.41) is 15.3. The summed E-state index contributed by atoms with van der Waals surface area (Å²) < 4.78 is 5.14. The van der Waals surface area contributed by atoms with Crippen LogP contribution in [0, 0.1) is 0 Å². The van der Waals surface area contributed by atoms with Gasteiger partial charge in [-0.2, -0.15) is 0 Å². The molecule has 0 aliphatic heterocycles. The Morgan fingerprint density at radius 2 is 2.22 bits per heavy atom. The lowest BCUT2D eigenvalue weighted by Gasteiger charge is -2.12. The predicted molar refractivity (Wildman–Crippen MR) is 74.0 cm³/mol. The van der Waals surface area contributed by atoms with Gasteiger partial charge in [0.1, 0.15) is 5.75 Å². The molecule has 0 saturated carbocycles. The minimum Gasteiger partial charge on any atom is -0.497 e. The molecule has 1 atom stereocenters. The Balaban J connectivity index is 1.85. The van der Waals surface area contributed by atoms with Gasteiger partial charge in [-0.3, -0.25) is 0 Å². The van der Waals surface area contributed by atoms with Crippen molar-refractivity contribution >= 4 is 11.3 Å². The number of hydrogen-bond donors (Lipinski definition) is 2. The second-order valence-corrected chi connectivity index (χ2v) is 5.03. The third kappa shape index (κ3) is 3.57. The Hall–Kier alpha value is -1.36. The Bertz CT molecular complexity index is 470. The highest BCUT2D eigenvalue weighted by molar-refractivity contribution is 7.09. The summed E-state index contributed by atoms with van der Waals surface area (Å²) in [5.74, 6) is 0.768. The summed E-state index contributed by atoms with van der Waals surface area (Å²) in [7, 11) is 1.63. The lowest BCUT2D eigenvalue weighted by molar-refractivity contribution is 0.174. The van der Waals surface area contributed by atoms with Crippen molar-refractivity contribution in [3.05, 3.63) is 52.2 Å². The molecule has 1 heterocycles. The summed E-state index contributed by atoms with van der Waals surface area (Å²) >= 11 is 1.71. The van der Waals surface area contributed by atoms with Crippen molar-refractivity contribution in [1.82, 2.24) is 5.32 Å². The number of rotatable bonds is 6. The SMILES string of the molecule is COc1cccc(C(O)CNCc2cccs2)c1. The fraction of sp³-hybridized carbons (Fsp3) is 0.286. The lowest BCUT2D eigenvalue weighted by atomic mass is 10.1. The highest BCUT2D eigenvalue weighted by atomic mass is 32.1. The van der Waals surface area contributed by atoms with Crippen molar-refractivity contribution in [3.63, 3.8) is 0 Å². The molecule has 1 aromatic carbocycles. The van der Waals surface area contributed by atoms with Gasteiger partial charge in [0.25, 0.3) is 0 Å². The molecule has 18 heavy (non-hydrogen) atoms. The largest absolute Gasteiger partial charge is 0.497 e. The van der Waals surface area contributed by atoms with Crippen LogP contribution in [0.5, 0.6) is 5.75 Å². The maximum atomic E-state index is 10.1. The molecule has 0 fully saturated rings. The average molecular weight is 263 g/mol. The van der Waals surface area contributed by atoms with Gasteiger partial charge in [0.2, 0.25) is 0 Å². The van der Waals surface area contributed by atoms with Gasteiger partial charge in [-0.1, -0.05) is 18.2 Å². The normalized spacial score (nSPS) is 12.3. The topological polar surface area (TPSA) is 41.5 Å². The van der Waals surface area contributed by atoms with Crippen molar-refractivity contribution in [2.24, 2.45) is 0 Å². The van der Waals surface area contributed by atoms with Crippen LogP contribution < -0.4 is 10.1 Å². The standard InChI is InChI=1S/C14H17NO2S/c1-17-12-5-2-4-11(8-12)14(16)10-15-9-13-6-3-7-18-13/h2-8,14-16H,9-10H2,1H3. The van der Waals surface area contributed by atoms with Crippen LogP contribution in [0.3, 0.4) is 0 Å². The minimum atomic E-state index is -0.514. The van der Waals surface area contributed by atoms with E-state index < -0.39 is 6.10 Å². The molecule has 96 valence electrons. The maximum Gasteiger partial charge on any atom is 0.119 e. The summed E-state index contributed by atoms with van der Waals surface area (Å²) in [5.41, 5.74) is 0.869. The second kappa shape index (κ2) is 6.54. The first-order valence-electron chi connectivity index (χ1n) is 5.84. The van der Waals surface area contributed by atoms with Gasteiger partial charge >= 0.3 is 0 Å². The van der Waals surface area contributed by atoms with Crippen molar-refractivity contribution < 1.29 is 9.84 Å². The van der Waals surface area contributed by atoms with Crippen LogP contribution in [-0.4, -0.2) is 18.8 Å². The van der Waals surface area contributed by atoms with Crippen molar-refractivity contribution in [2.75, 3.05) is 13.7 Å². The fourth-order valence-electron chi connectivity index (χ4n) is 1.71. The molecule has 4 heteroatoms. The smallest absolute Gasteiger partial charge is 0.119 e. The number of benzene rings is 1. The van der Waals surface area contributed by atoms with E-state index in [2.05, 4.69) is 16.8 Å². The van der Waals surface area contributed by atoms with Crippen LogP contribution in [-0.2, 0) is 6.54 Å². The molecule has 0 bridgehead atoms. The predicted octanol–water partition coefficient (Wildman–Crippen LogP) is 2.58. The van der Waals surface area contributed by atoms with Crippen LogP contribution in [0.4, 0.5) is 0 Å². The molecule has 2 N–H and O–H groups in total. The number of aliphatic hydroxyl groups is 1. The second-order valence-electron chi connectivity index (χ2n) is 4.00. The quantitative estimate of drug-likeness (QED) is 0.841. The van der Waals surface area contributed by atoms with Gasteiger partial charge in [0.05, 0.1) is 13.2 Å². The number of hydrogen-bond acceptors (Lipinski definition) is 4. The molecule has 1 aromatic heterocycles. The van der Waals surface area contributed by atoms with Crippen LogP contribution >= 0.6 is 11.3 Å². The van der Waals surface area contributed by atoms with Crippen molar-refractivity contribution in [1.29, 1.82) is 0 Å². The van der Waals surface area contributed by atoms with Gasteiger partial charge < -0.3 is 15.2 Å². The number of ether oxygens (including phenoxy) is 1. The third-order valence-electron chi connectivity index (χ3n) is 2.70. The molecule has 0 amide bonds. The molecule has 0 aliphatic rings. The highest BCUT2D eigenvalue weighted by Gasteiger charge is 2.07. The summed E-state index contributed by atoms with van der Waals surface area (Å²) in [6.07, 6.45) is -0.514. The first-order chi connectivity index (χ1) is 8.79. The summed E-state index contributed by atoms with van der Waals surface area (Å²) in [6, 6.07) is 11.6. The molecule has 1 unspecified atom stereocenters. The number of aliphatic hydroxyl groups excluding tert-OH is 1. The number of nitrogens with one attached hydrogen (secondary N) is 1. The van der Waals surface area contributed by atoms with Crippen LogP contribution in [0.2, 0.25) is 0 Å². The fourth-order valence-corrected chi connectivity index (χ4v) is 2.39.